The molecule has 4 N–H and O–H groups in total. The summed E-state index contributed by atoms with van der Waals surface area (Å²) in [5.41, 5.74) is 14.0. The molecule has 0 atom stereocenters. The lowest BCUT2D eigenvalue weighted by atomic mass is 10.1. The second-order valence-electron chi connectivity index (χ2n) is 7.58. The molecular formula is C26H23F3N2O6. The zero-order valence-corrected chi connectivity index (χ0v) is 19.6. The molecule has 37 heavy (non-hydrogen) atoms. The van der Waals surface area contributed by atoms with Crippen LogP contribution < -0.4 is 25.7 Å². The number of methoxy groups -OCH3 is 1. The first kappa shape index (κ1) is 26.9. The molecule has 0 bridgehead atoms. The Morgan fingerprint density at radius 2 is 1.68 bits per heavy atom. The molecule has 0 saturated heterocycles. The number of esters is 2. The molecule has 0 fully saturated rings. The van der Waals surface area contributed by atoms with Crippen molar-refractivity contribution in [2.45, 2.75) is 12.8 Å². The molecule has 8 nitrogen and oxygen atoms in total. The molecule has 0 aliphatic heterocycles. The Morgan fingerprint density at radius 3 is 2.32 bits per heavy atom. The Balaban J connectivity index is 1.52. The van der Waals surface area contributed by atoms with E-state index in [0.717, 1.165) is 30.9 Å². The van der Waals surface area contributed by atoms with Crippen molar-refractivity contribution < 1.29 is 41.7 Å². The van der Waals surface area contributed by atoms with E-state index in [1.54, 1.807) is 30.3 Å². The minimum Gasteiger partial charge on any atom is -0.493 e. The number of benzene rings is 3. The fraction of sp³-hybridized carbons (Fsp3) is 0.154. The summed E-state index contributed by atoms with van der Waals surface area (Å²) < 4.78 is 56.5. The lowest BCUT2D eigenvalue weighted by Gasteiger charge is -2.13. The van der Waals surface area contributed by atoms with Crippen molar-refractivity contribution in [1.82, 2.24) is 0 Å². The second-order valence-corrected chi connectivity index (χ2v) is 7.58. The number of hydrogen-bond donors (Lipinski definition) is 2. The molecule has 0 unspecified atom stereocenters. The van der Waals surface area contributed by atoms with Crippen LogP contribution in [0.4, 0.5) is 24.5 Å². The Hall–Kier alpha value is -4.67. The average Bonchev–Trinajstić information content (AvgIpc) is 2.84. The van der Waals surface area contributed by atoms with Crippen molar-refractivity contribution in [3.8, 4) is 17.2 Å². The number of carbonyl (C=O) groups excluding carboxylic acids is 2. The molecule has 194 valence electrons. The van der Waals surface area contributed by atoms with Gasteiger partial charge in [0, 0.05) is 23.9 Å². The van der Waals surface area contributed by atoms with E-state index in [2.05, 4.69) is 4.74 Å². The van der Waals surface area contributed by atoms with Gasteiger partial charge in [-0.25, -0.2) is 9.59 Å². The fourth-order valence-corrected chi connectivity index (χ4v) is 3.13. The van der Waals surface area contributed by atoms with Crippen LogP contribution in [0, 0.1) is 0 Å². The first-order chi connectivity index (χ1) is 17.5. The summed E-state index contributed by atoms with van der Waals surface area (Å²) in [5.74, 6) is -2.05. The predicted octanol–water partition coefficient (Wildman–Crippen LogP) is 4.78. The van der Waals surface area contributed by atoms with Gasteiger partial charge in [0.25, 0.3) is 0 Å². The highest BCUT2D eigenvalue weighted by Crippen LogP contribution is 2.33. The predicted molar refractivity (Wildman–Crippen MR) is 130 cm³/mol. The zero-order chi connectivity index (χ0) is 27.0. The van der Waals surface area contributed by atoms with Crippen LogP contribution in [0.15, 0.2) is 66.7 Å². The van der Waals surface area contributed by atoms with E-state index in [0.29, 0.717) is 23.4 Å². The van der Waals surface area contributed by atoms with Crippen molar-refractivity contribution in [1.29, 1.82) is 0 Å². The maximum absolute atomic E-state index is 12.5. The largest absolute Gasteiger partial charge is 0.573 e. The van der Waals surface area contributed by atoms with Gasteiger partial charge in [0.05, 0.1) is 19.3 Å². The van der Waals surface area contributed by atoms with Crippen LogP contribution in [-0.4, -0.2) is 32.0 Å². The maximum atomic E-state index is 12.5. The van der Waals surface area contributed by atoms with Crippen LogP contribution in [0.3, 0.4) is 0 Å². The van der Waals surface area contributed by atoms with Crippen LogP contribution >= 0.6 is 0 Å². The van der Waals surface area contributed by atoms with E-state index in [-0.39, 0.29) is 23.7 Å². The Bertz CT molecular complexity index is 1290. The van der Waals surface area contributed by atoms with Gasteiger partial charge in [-0.15, -0.1) is 13.2 Å². The third kappa shape index (κ3) is 8.20. The summed E-state index contributed by atoms with van der Waals surface area (Å²) in [6.07, 6.45) is -1.69. The van der Waals surface area contributed by atoms with E-state index in [9.17, 15) is 22.8 Å². The lowest BCUT2D eigenvalue weighted by Crippen LogP contribution is -2.18. The SMILES string of the molecule is COc1cc(C(=O)Oc2ccc(C=CC(=O)OCCc3ccc(N)cc3N)cc2)ccc1OC(F)(F)F. The number of nitrogens with two attached hydrogens (primary N) is 2. The molecule has 0 radical (unpaired) electrons. The van der Waals surface area contributed by atoms with Crippen LogP contribution in [0.5, 0.6) is 17.2 Å². The van der Waals surface area contributed by atoms with E-state index in [4.69, 9.17) is 25.7 Å². The van der Waals surface area contributed by atoms with Crippen molar-refractivity contribution in [2.24, 2.45) is 0 Å². The highest BCUT2D eigenvalue weighted by Gasteiger charge is 2.32. The number of ether oxygens (including phenoxy) is 4. The number of anilines is 2. The van der Waals surface area contributed by atoms with Gasteiger partial charge in [-0.05, 0) is 59.7 Å². The van der Waals surface area contributed by atoms with Gasteiger partial charge in [-0.1, -0.05) is 18.2 Å². The maximum Gasteiger partial charge on any atom is 0.573 e. The molecule has 0 saturated carbocycles. The standard InChI is InChI=1S/C26H23F3N2O6/c1-34-23-14-18(6-10-22(23)37-26(27,28)29)25(33)36-20-8-2-16(3-9-20)4-11-24(32)35-13-12-17-5-7-19(30)15-21(17)31/h2-11,14-15H,12-13,30-31H2,1H3. The molecule has 11 heteroatoms. The second kappa shape index (κ2) is 11.8. The molecule has 3 rings (SSSR count). The molecule has 0 aliphatic carbocycles. The normalized spacial score (nSPS) is 11.2. The minimum atomic E-state index is -4.91. The number of nitrogen functional groups attached to an aromatic ring is 2. The summed E-state index contributed by atoms with van der Waals surface area (Å²) >= 11 is 0. The fourth-order valence-electron chi connectivity index (χ4n) is 3.13. The Labute approximate surface area is 210 Å². The molecule has 0 aliphatic rings. The van der Waals surface area contributed by atoms with Gasteiger partial charge >= 0.3 is 18.3 Å². The van der Waals surface area contributed by atoms with Gasteiger partial charge in [-0.3, -0.25) is 0 Å². The average molecular weight is 516 g/mol. The van der Waals surface area contributed by atoms with Crippen LogP contribution in [0.25, 0.3) is 6.08 Å². The number of hydrogen-bond acceptors (Lipinski definition) is 8. The number of rotatable bonds is 9. The molecule has 0 aromatic heterocycles. The van der Waals surface area contributed by atoms with Gasteiger partial charge in [0.2, 0.25) is 0 Å². The van der Waals surface area contributed by atoms with Gasteiger partial charge in [0.1, 0.15) is 5.75 Å². The molecule has 0 heterocycles. The van der Waals surface area contributed by atoms with Crippen LogP contribution in [0.2, 0.25) is 0 Å². The number of alkyl halides is 3. The van der Waals surface area contributed by atoms with Crippen molar-refractivity contribution in [3.63, 3.8) is 0 Å². The van der Waals surface area contributed by atoms with Gasteiger partial charge in [-0.2, -0.15) is 0 Å². The van der Waals surface area contributed by atoms with Crippen molar-refractivity contribution >= 4 is 29.4 Å². The summed E-state index contributed by atoms with van der Waals surface area (Å²) in [4.78, 5) is 24.3. The van der Waals surface area contributed by atoms with Crippen LogP contribution in [-0.2, 0) is 16.0 Å². The third-order valence-electron chi connectivity index (χ3n) is 4.91. The van der Waals surface area contributed by atoms with E-state index >= 15 is 0 Å². The number of halogens is 3. The smallest absolute Gasteiger partial charge is 0.493 e. The third-order valence-corrected chi connectivity index (χ3v) is 4.91. The topological polar surface area (TPSA) is 123 Å². The number of carbonyl (C=O) groups is 2. The first-order valence-corrected chi connectivity index (χ1v) is 10.8. The zero-order valence-electron chi connectivity index (χ0n) is 19.6. The Morgan fingerprint density at radius 1 is 0.946 bits per heavy atom. The minimum absolute atomic E-state index is 0.0428. The quantitative estimate of drug-likeness (QED) is 0.180. The van der Waals surface area contributed by atoms with Crippen molar-refractivity contribution in [3.05, 3.63) is 83.4 Å². The van der Waals surface area contributed by atoms with Gasteiger partial charge in [0.15, 0.2) is 11.5 Å². The summed E-state index contributed by atoms with van der Waals surface area (Å²) in [6.45, 7) is 0.139. The molecule has 0 amide bonds. The summed E-state index contributed by atoms with van der Waals surface area (Å²) in [7, 11) is 1.14. The van der Waals surface area contributed by atoms with Gasteiger partial charge < -0.3 is 30.4 Å². The van der Waals surface area contributed by atoms with Crippen LogP contribution in [0.1, 0.15) is 21.5 Å². The lowest BCUT2D eigenvalue weighted by molar-refractivity contribution is -0.275. The monoisotopic (exact) mass is 516 g/mol. The Kier molecular flexibility index (Phi) is 8.62. The summed E-state index contributed by atoms with van der Waals surface area (Å²) in [6, 6.07) is 14.5. The molecule has 0 spiro atoms. The van der Waals surface area contributed by atoms with Crippen molar-refractivity contribution in [2.75, 3.05) is 25.2 Å². The summed E-state index contributed by atoms with van der Waals surface area (Å²) in [5, 5.41) is 0. The van der Waals surface area contributed by atoms with E-state index in [1.165, 1.54) is 24.3 Å². The molecular weight excluding hydrogens is 493 g/mol. The first-order valence-electron chi connectivity index (χ1n) is 10.8. The molecule has 3 aromatic carbocycles. The highest BCUT2D eigenvalue weighted by molar-refractivity contribution is 5.92. The van der Waals surface area contributed by atoms with E-state index in [1.807, 2.05) is 0 Å². The highest BCUT2D eigenvalue weighted by atomic mass is 19.4. The van der Waals surface area contributed by atoms with E-state index < -0.39 is 24.1 Å². The molecule has 3 aromatic rings.